The fraction of sp³-hybridized carbons (Fsp3) is 0.375. The van der Waals surface area contributed by atoms with Crippen LogP contribution in [0.5, 0.6) is 0 Å². The van der Waals surface area contributed by atoms with E-state index < -0.39 is 0 Å². The molecule has 4 rings (SSSR count). The van der Waals surface area contributed by atoms with Crippen molar-refractivity contribution in [1.82, 2.24) is 5.32 Å². The van der Waals surface area contributed by atoms with E-state index in [1.165, 1.54) is 16.0 Å². The summed E-state index contributed by atoms with van der Waals surface area (Å²) in [6.45, 7) is 10.0. The predicted octanol–water partition coefficient (Wildman–Crippen LogP) is 0.902. The largest absolute Gasteiger partial charge is 0.459 e. The first-order valence-electron chi connectivity index (χ1n) is 10.6. The summed E-state index contributed by atoms with van der Waals surface area (Å²) in [5, 5.41) is 4.17. The Morgan fingerprint density at radius 2 is 1.79 bits per heavy atom. The molecule has 5 nitrogen and oxygen atoms in total. The van der Waals surface area contributed by atoms with Crippen LogP contribution in [0.3, 0.4) is 0 Å². The Hall–Kier alpha value is -2.63. The zero-order valence-corrected chi connectivity index (χ0v) is 17.3. The van der Waals surface area contributed by atoms with E-state index in [1.54, 1.807) is 4.90 Å². The molecular formula is C24H31N3O2+2. The lowest BCUT2D eigenvalue weighted by atomic mass is 10.1. The molecule has 0 radical (unpaired) electrons. The van der Waals surface area contributed by atoms with Gasteiger partial charge in [0.05, 0.1) is 6.04 Å². The first-order chi connectivity index (χ1) is 14.1. The van der Waals surface area contributed by atoms with Crippen LogP contribution in [0.15, 0.2) is 59.0 Å². The molecule has 1 saturated heterocycles. The maximum atomic E-state index is 12.5. The topological polar surface area (TPSA) is 51.1 Å². The zero-order chi connectivity index (χ0) is 20.2. The molecule has 3 aromatic rings. The van der Waals surface area contributed by atoms with Crippen molar-refractivity contribution >= 4 is 16.9 Å². The van der Waals surface area contributed by atoms with Crippen molar-refractivity contribution < 1.29 is 19.0 Å². The summed E-state index contributed by atoms with van der Waals surface area (Å²) in [7, 11) is 0. The van der Waals surface area contributed by atoms with E-state index >= 15 is 0 Å². The summed E-state index contributed by atoms with van der Waals surface area (Å²) in [6, 6.07) is 18.6. The van der Waals surface area contributed by atoms with Gasteiger partial charge >= 0.3 is 0 Å². The molecule has 2 heterocycles. The van der Waals surface area contributed by atoms with Crippen molar-refractivity contribution in [2.24, 2.45) is 0 Å². The highest BCUT2D eigenvalue weighted by Gasteiger charge is 2.25. The number of amides is 1. The Morgan fingerprint density at radius 3 is 2.55 bits per heavy atom. The molecule has 0 bridgehead atoms. The Morgan fingerprint density at radius 1 is 1.03 bits per heavy atom. The normalized spacial score (nSPS) is 20.5. The number of fused-ring (bicyclic) bond motifs is 1. The molecular weight excluding hydrogens is 362 g/mol. The first-order valence-corrected chi connectivity index (χ1v) is 10.6. The molecule has 152 valence electrons. The molecule has 3 N–H and O–H groups in total. The Labute approximate surface area is 172 Å². The lowest BCUT2D eigenvalue weighted by Gasteiger charge is -2.29. The minimum Gasteiger partial charge on any atom is -0.459 e. The third kappa shape index (κ3) is 5.05. The summed E-state index contributed by atoms with van der Waals surface area (Å²) in [5.74, 6) is 0.900. The van der Waals surface area contributed by atoms with E-state index in [1.807, 2.05) is 37.3 Å². The van der Waals surface area contributed by atoms with Crippen LogP contribution in [-0.2, 0) is 11.3 Å². The van der Waals surface area contributed by atoms with E-state index in [0.717, 1.165) is 49.5 Å². The monoisotopic (exact) mass is 393 g/mol. The zero-order valence-electron chi connectivity index (χ0n) is 17.3. The average molecular weight is 394 g/mol. The van der Waals surface area contributed by atoms with E-state index in [4.69, 9.17) is 4.42 Å². The molecule has 0 spiro atoms. The molecule has 1 aromatic heterocycles. The highest BCUT2D eigenvalue weighted by atomic mass is 16.3. The molecule has 0 aliphatic carbocycles. The fourth-order valence-corrected chi connectivity index (χ4v) is 4.23. The van der Waals surface area contributed by atoms with Crippen molar-refractivity contribution in [1.29, 1.82) is 0 Å². The SMILES string of the molecule is Cc1cccc(C[NH+]2CC[NH+](CC(=O)N[C@H](C)c3cc4ccccc4o3)CC2)c1. The molecule has 1 amide bonds. The average Bonchev–Trinajstić information content (AvgIpc) is 3.14. The number of piperazine rings is 1. The second kappa shape index (κ2) is 8.80. The Bertz CT molecular complexity index is 940. The number of carbonyl (C=O) groups excluding carboxylic acids is 1. The summed E-state index contributed by atoms with van der Waals surface area (Å²) in [5.41, 5.74) is 3.59. The van der Waals surface area contributed by atoms with Crippen LogP contribution >= 0.6 is 0 Å². The molecule has 1 aliphatic heterocycles. The molecule has 1 aliphatic rings. The van der Waals surface area contributed by atoms with Crippen LogP contribution in [0, 0.1) is 6.92 Å². The second-order valence-electron chi connectivity index (χ2n) is 8.32. The molecule has 1 atom stereocenters. The van der Waals surface area contributed by atoms with Gasteiger partial charge in [-0.25, -0.2) is 0 Å². The van der Waals surface area contributed by atoms with Gasteiger partial charge in [-0.2, -0.15) is 0 Å². The van der Waals surface area contributed by atoms with Crippen LogP contribution in [0.4, 0.5) is 0 Å². The smallest absolute Gasteiger partial charge is 0.275 e. The van der Waals surface area contributed by atoms with E-state index in [9.17, 15) is 4.79 Å². The standard InChI is InChI=1S/C24H29N3O2/c1-18-6-5-7-20(14-18)16-26-10-12-27(13-11-26)17-24(28)25-19(2)23-15-21-8-3-4-9-22(21)29-23/h3-9,14-15,19H,10-13,16-17H2,1-2H3,(H,25,28)/p+2/t19-/m1/s1. The van der Waals surface area contributed by atoms with Gasteiger partial charge in [0, 0.05) is 10.9 Å². The van der Waals surface area contributed by atoms with Crippen molar-refractivity contribution in [3.63, 3.8) is 0 Å². The number of benzene rings is 2. The number of furan rings is 1. The molecule has 0 unspecified atom stereocenters. The van der Waals surface area contributed by atoms with Gasteiger partial charge in [0.2, 0.25) is 0 Å². The van der Waals surface area contributed by atoms with Crippen molar-refractivity contribution in [3.8, 4) is 0 Å². The lowest BCUT2D eigenvalue weighted by Crippen LogP contribution is -3.28. The number of para-hydroxylation sites is 1. The van der Waals surface area contributed by atoms with E-state index in [2.05, 4.69) is 36.5 Å². The summed E-state index contributed by atoms with van der Waals surface area (Å²) < 4.78 is 5.87. The number of rotatable bonds is 6. The maximum absolute atomic E-state index is 12.5. The highest BCUT2D eigenvalue weighted by Crippen LogP contribution is 2.23. The first kappa shape index (κ1) is 19.7. The van der Waals surface area contributed by atoms with Crippen molar-refractivity contribution in [3.05, 3.63) is 71.5 Å². The van der Waals surface area contributed by atoms with Gasteiger partial charge in [-0.1, -0.05) is 48.0 Å². The van der Waals surface area contributed by atoms with E-state index in [0.29, 0.717) is 6.54 Å². The minimum atomic E-state index is -0.123. The molecule has 1 fully saturated rings. The van der Waals surface area contributed by atoms with Gasteiger partial charge < -0.3 is 19.5 Å². The van der Waals surface area contributed by atoms with Crippen LogP contribution in [0.2, 0.25) is 0 Å². The number of quaternary nitrogens is 2. The van der Waals surface area contributed by atoms with E-state index in [-0.39, 0.29) is 11.9 Å². The predicted molar refractivity (Wildman–Crippen MR) is 114 cm³/mol. The van der Waals surface area contributed by atoms with Gasteiger partial charge in [0.25, 0.3) is 5.91 Å². The van der Waals surface area contributed by atoms with Gasteiger partial charge in [-0.15, -0.1) is 0 Å². The van der Waals surface area contributed by atoms with Crippen LogP contribution < -0.4 is 15.1 Å². The summed E-state index contributed by atoms with van der Waals surface area (Å²) in [4.78, 5) is 15.5. The van der Waals surface area contributed by atoms with Crippen molar-refractivity contribution in [2.45, 2.75) is 26.4 Å². The molecule has 29 heavy (non-hydrogen) atoms. The lowest BCUT2D eigenvalue weighted by molar-refractivity contribution is -1.02. The van der Waals surface area contributed by atoms with Crippen LogP contribution in [-0.4, -0.2) is 38.6 Å². The Kier molecular flexibility index (Phi) is 5.97. The minimum absolute atomic E-state index is 0.0927. The van der Waals surface area contributed by atoms with Crippen molar-refractivity contribution in [2.75, 3.05) is 32.7 Å². The molecule has 0 saturated carbocycles. The molecule has 2 aromatic carbocycles. The number of aryl methyl sites for hydroxylation is 1. The van der Waals surface area contributed by atoms with Crippen LogP contribution in [0.25, 0.3) is 11.0 Å². The molecule has 5 heteroatoms. The third-order valence-electron chi connectivity index (χ3n) is 5.86. The van der Waals surface area contributed by atoms with Crippen LogP contribution in [0.1, 0.15) is 29.9 Å². The summed E-state index contributed by atoms with van der Waals surface area (Å²) >= 11 is 0. The second-order valence-corrected chi connectivity index (χ2v) is 8.32. The van der Waals surface area contributed by atoms with Gasteiger partial charge in [-0.05, 0) is 26.0 Å². The highest BCUT2D eigenvalue weighted by molar-refractivity contribution is 5.79. The Balaban J connectivity index is 1.24. The van der Waals surface area contributed by atoms with Gasteiger partial charge in [0.15, 0.2) is 6.54 Å². The van der Waals surface area contributed by atoms with Gasteiger partial charge in [-0.3, -0.25) is 4.79 Å². The number of carbonyl (C=O) groups is 1. The quantitative estimate of drug-likeness (QED) is 0.583. The number of hydrogen-bond acceptors (Lipinski definition) is 2. The fourth-order valence-electron chi connectivity index (χ4n) is 4.23. The summed E-state index contributed by atoms with van der Waals surface area (Å²) in [6.07, 6.45) is 0. The van der Waals surface area contributed by atoms with Gasteiger partial charge in [0.1, 0.15) is 44.1 Å². The number of hydrogen-bond donors (Lipinski definition) is 3. The number of nitrogens with one attached hydrogen (secondary N) is 3. The third-order valence-corrected chi connectivity index (χ3v) is 5.86. The maximum Gasteiger partial charge on any atom is 0.275 e.